The Hall–Kier alpha value is -1.65. The molecule has 1 aromatic carbocycles. The molecule has 4 heteroatoms. The molecule has 1 aliphatic heterocycles. The van der Waals surface area contributed by atoms with E-state index in [0.29, 0.717) is 0 Å². The summed E-state index contributed by atoms with van der Waals surface area (Å²) in [6.45, 7) is 4.50. The first kappa shape index (κ1) is 14.9. The number of hydrogen-bond acceptors (Lipinski definition) is 3. The number of H-pyrrole nitrogens is 1. The zero-order chi connectivity index (χ0) is 15.5. The molecular formula is C19H26N4. The number of imidazole rings is 1. The topological polar surface area (TPSA) is 35.2 Å². The van der Waals surface area contributed by atoms with Gasteiger partial charge >= 0.3 is 0 Å². The Balaban J connectivity index is 1.32. The number of rotatable bonds is 6. The number of aromatic amines is 1. The summed E-state index contributed by atoms with van der Waals surface area (Å²) in [6, 6.07) is 12.4. The molecule has 1 N–H and O–H groups in total. The van der Waals surface area contributed by atoms with E-state index in [4.69, 9.17) is 0 Å². The van der Waals surface area contributed by atoms with Crippen molar-refractivity contribution in [1.82, 2.24) is 19.8 Å². The molecule has 122 valence electrons. The molecule has 4 rings (SSSR count). The lowest BCUT2D eigenvalue weighted by atomic mass is 10.0. The minimum atomic E-state index is 0.722. The highest BCUT2D eigenvalue weighted by Gasteiger charge is 2.35. The Morgan fingerprint density at radius 1 is 1.04 bits per heavy atom. The van der Waals surface area contributed by atoms with E-state index in [9.17, 15) is 0 Å². The van der Waals surface area contributed by atoms with Crippen molar-refractivity contribution in [2.24, 2.45) is 0 Å². The molecule has 0 radical (unpaired) electrons. The van der Waals surface area contributed by atoms with Crippen LogP contribution in [0, 0.1) is 0 Å². The Morgan fingerprint density at radius 2 is 1.78 bits per heavy atom. The van der Waals surface area contributed by atoms with Crippen LogP contribution in [0.15, 0.2) is 42.7 Å². The third-order valence-corrected chi connectivity index (χ3v) is 5.18. The quantitative estimate of drug-likeness (QED) is 0.891. The van der Waals surface area contributed by atoms with Crippen LogP contribution in [0.3, 0.4) is 0 Å². The summed E-state index contributed by atoms with van der Waals surface area (Å²) < 4.78 is 0. The molecule has 1 aliphatic carbocycles. The van der Waals surface area contributed by atoms with Gasteiger partial charge in [0.05, 0.1) is 6.54 Å². The second kappa shape index (κ2) is 6.85. The molecule has 0 unspecified atom stereocenters. The van der Waals surface area contributed by atoms with Crippen molar-refractivity contribution in [3.8, 4) is 0 Å². The number of aromatic nitrogens is 2. The zero-order valence-corrected chi connectivity index (χ0v) is 13.7. The highest BCUT2D eigenvalue weighted by Crippen LogP contribution is 2.33. The van der Waals surface area contributed by atoms with Crippen molar-refractivity contribution >= 4 is 0 Å². The number of piperidine rings is 1. The van der Waals surface area contributed by atoms with Crippen LogP contribution in [0.4, 0.5) is 0 Å². The summed E-state index contributed by atoms with van der Waals surface area (Å²) in [5.41, 5.74) is 1.43. The summed E-state index contributed by atoms with van der Waals surface area (Å²) in [5.74, 6) is 1.11. The van der Waals surface area contributed by atoms with Gasteiger partial charge in [-0.05, 0) is 44.3 Å². The minimum Gasteiger partial charge on any atom is -0.348 e. The maximum Gasteiger partial charge on any atom is 0.120 e. The van der Waals surface area contributed by atoms with E-state index >= 15 is 0 Å². The Morgan fingerprint density at radius 3 is 2.43 bits per heavy atom. The highest BCUT2D eigenvalue weighted by atomic mass is 15.2. The molecule has 1 aromatic heterocycles. The first-order valence-corrected chi connectivity index (χ1v) is 8.89. The van der Waals surface area contributed by atoms with E-state index in [1.807, 2.05) is 12.4 Å². The summed E-state index contributed by atoms with van der Waals surface area (Å²) in [4.78, 5) is 13.0. The SMILES string of the molecule is c1ccc(CN2CCC(N(Cc3ncc[nH]3)C3CC3)CC2)cc1. The number of nitrogens with zero attached hydrogens (tertiary/aromatic N) is 3. The zero-order valence-electron chi connectivity index (χ0n) is 13.7. The number of benzene rings is 1. The third-order valence-electron chi connectivity index (χ3n) is 5.18. The van der Waals surface area contributed by atoms with E-state index in [1.165, 1.54) is 44.3 Å². The van der Waals surface area contributed by atoms with Crippen molar-refractivity contribution in [3.63, 3.8) is 0 Å². The van der Waals surface area contributed by atoms with Gasteiger partial charge in [0.25, 0.3) is 0 Å². The van der Waals surface area contributed by atoms with Crippen LogP contribution in [0.25, 0.3) is 0 Å². The smallest absolute Gasteiger partial charge is 0.120 e. The van der Waals surface area contributed by atoms with Crippen molar-refractivity contribution in [2.75, 3.05) is 13.1 Å². The first-order valence-electron chi connectivity index (χ1n) is 8.89. The van der Waals surface area contributed by atoms with E-state index in [1.54, 1.807) is 0 Å². The van der Waals surface area contributed by atoms with E-state index in [0.717, 1.165) is 31.0 Å². The van der Waals surface area contributed by atoms with Gasteiger partial charge in [-0.1, -0.05) is 30.3 Å². The van der Waals surface area contributed by atoms with E-state index < -0.39 is 0 Å². The van der Waals surface area contributed by atoms with Crippen LogP contribution in [0.5, 0.6) is 0 Å². The summed E-state index contributed by atoms with van der Waals surface area (Å²) >= 11 is 0. The van der Waals surface area contributed by atoms with Crippen LogP contribution < -0.4 is 0 Å². The molecule has 0 amide bonds. The molecule has 0 bridgehead atoms. The minimum absolute atomic E-state index is 0.722. The third kappa shape index (κ3) is 3.82. The monoisotopic (exact) mass is 310 g/mol. The number of hydrogen-bond donors (Lipinski definition) is 1. The van der Waals surface area contributed by atoms with Crippen molar-refractivity contribution < 1.29 is 0 Å². The molecule has 1 saturated carbocycles. The van der Waals surface area contributed by atoms with Crippen molar-refractivity contribution in [2.45, 2.75) is 50.9 Å². The van der Waals surface area contributed by atoms with Gasteiger partial charge in [0, 0.05) is 31.0 Å². The van der Waals surface area contributed by atoms with Crippen LogP contribution in [-0.2, 0) is 13.1 Å². The molecule has 1 saturated heterocycles. The Kier molecular flexibility index (Phi) is 4.44. The number of nitrogens with one attached hydrogen (secondary N) is 1. The fraction of sp³-hybridized carbons (Fsp3) is 0.526. The predicted molar refractivity (Wildman–Crippen MR) is 91.9 cm³/mol. The van der Waals surface area contributed by atoms with E-state index in [-0.39, 0.29) is 0 Å². The molecule has 2 aliphatic rings. The van der Waals surface area contributed by atoms with Gasteiger partial charge in [0.15, 0.2) is 0 Å². The molecule has 2 aromatic rings. The van der Waals surface area contributed by atoms with Gasteiger partial charge < -0.3 is 4.98 Å². The van der Waals surface area contributed by atoms with Gasteiger partial charge in [0.2, 0.25) is 0 Å². The maximum atomic E-state index is 4.42. The summed E-state index contributed by atoms with van der Waals surface area (Å²) in [7, 11) is 0. The molecular weight excluding hydrogens is 284 g/mol. The van der Waals surface area contributed by atoms with Gasteiger partial charge in [-0.15, -0.1) is 0 Å². The standard InChI is InChI=1S/C19H26N4/c1-2-4-16(5-3-1)14-22-12-8-18(9-13-22)23(17-6-7-17)15-19-20-10-11-21-19/h1-5,10-11,17-18H,6-9,12-15H2,(H,20,21). The van der Waals surface area contributed by atoms with Crippen LogP contribution in [0.1, 0.15) is 37.1 Å². The first-order chi connectivity index (χ1) is 11.4. The van der Waals surface area contributed by atoms with E-state index in [2.05, 4.69) is 50.1 Å². The Labute approximate surface area is 138 Å². The maximum absolute atomic E-state index is 4.42. The lowest BCUT2D eigenvalue weighted by Gasteiger charge is -2.38. The average molecular weight is 310 g/mol. The van der Waals surface area contributed by atoms with Crippen molar-refractivity contribution in [1.29, 1.82) is 0 Å². The average Bonchev–Trinajstić information content (AvgIpc) is 3.31. The second-order valence-electron chi connectivity index (χ2n) is 6.93. The van der Waals surface area contributed by atoms with Gasteiger partial charge in [-0.2, -0.15) is 0 Å². The highest BCUT2D eigenvalue weighted by molar-refractivity contribution is 5.14. The molecule has 23 heavy (non-hydrogen) atoms. The van der Waals surface area contributed by atoms with Gasteiger partial charge in [-0.3, -0.25) is 9.80 Å². The summed E-state index contributed by atoms with van der Waals surface area (Å²) in [5, 5.41) is 0. The lowest BCUT2D eigenvalue weighted by molar-refractivity contribution is 0.0910. The molecule has 2 heterocycles. The fourth-order valence-electron chi connectivity index (χ4n) is 3.77. The second-order valence-corrected chi connectivity index (χ2v) is 6.93. The predicted octanol–water partition coefficient (Wildman–Crippen LogP) is 3.04. The largest absolute Gasteiger partial charge is 0.348 e. The van der Waals surface area contributed by atoms with Crippen LogP contribution in [-0.4, -0.2) is 44.9 Å². The van der Waals surface area contributed by atoms with Gasteiger partial charge in [0.1, 0.15) is 5.82 Å². The van der Waals surface area contributed by atoms with Crippen LogP contribution >= 0.6 is 0 Å². The lowest BCUT2D eigenvalue weighted by Crippen LogP contribution is -2.45. The van der Waals surface area contributed by atoms with Crippen LogP contribution in [0.2, 0.25) is 0 Å². The molecule has 0 spiro atoms. The van der Waals surface area contributed by atoms with Crippen molar-refractivity contribution in [3.05, 3.63) is 54.1 Å². The molecule has 2 fully saturated rings. The Bertz CT molecular complexity index is 583. The summed E-state index contributed by atoms with van der Waals surface area (Å²) in [6.07, 6.45) is 9.09. The van der Waals surface area contributed by atoms with Gasteiger partial charge in [-0.25, -0.2) is 4.98 Å². The number of likely N-dealkylation sites (tertiary alicyclic amines) is 1. The molecule has 4 nitrogen and oxygen atoms in total. The molecule has 0 atom stereocenters. The normalized spacial score (nSPS) is 20.2. The fourth-order valence-corrected chi connectivity index (χ4v) is 3.77.